The van der Waals surface area contributed by atoms with Crippen LogP contribution in [0.25, 0.3) is 10.8 Å². The summed E-state index contributed by atoms with van der Waals surface area (Å²) in [4.78, 5) is 22.0. The summed E-state index contributed by atoms with van der Waals surface area (Å²) in [6, 6.07) is 23.6. The predicted molar refractivity (Wildman–Crippen MR) is 109 cm³/mol. The second-order valence-electron chi connectivity index (χ2n) is 7.52. The predicted octanol–water partition coefficient (Wildman–Crippen LogP) is 0.233. The summed E-state index contributed by atoms with van der Waals surface area (Å²) in [5.41, 5.74) is 1.02. The topological polar surface area (TPSA) is 81.7 Å². The van der Waals surface area contributed by atoms with Gasteiger partial charge in [-0.2, -0.15) is 0 Å². The van der Waals surface area contributed by atoms with E-state index >= 15 is 0 Å². The molecule has 0 N–H and O–H groups in total. The van der Waals surface area contributed by atoms with Crippen LogP contribution in [0.2, 0.25) is 0 Å². The van der Waals surface area contributed by atoms with E-state index in [-0.39, 0.29) is 46.8 Å². The molecule has 0 aliphatic heterocycles. The van der Waals surface area contributed by atoms with Crippen molar-refractivity contribution < 1.29 is 57.7 Å². The fraction of sp³-hybridized carbons (Fsp3) is 0.273. The Morgan fingerprint density at radius 1 is 0.933 bits per heavy atom. The molecule has 0 amide bonds. The fourth-order valence-corrected chi connectivity index (χ4v) is 3.95. The van der Waals surface area contributed by atoms with E-state index in [9.17, 15) is 14.4 Å². The van der Waals surface area contributed by atoms with Gasteiger partial charge in [-0.3, -0.25) is 4.48 Å². The second kappa shape index (κ2) is 10.9. The molecule has 8 heteroatoms. The Morgan fingerprint density at radius 3 is 2.27 bits per heavy atom. The van der Waals surface area contributed by atoms with Crippen molar-refractivity contribution in [2.75, 3.05) is 27.4 Å². The van der Waals surface area contributed by atoms with Gasteiger partial charge in [0.15, 0.2) is 6.73 Å². The van der Waals surface area contributed by atoms with Crippen molar-refractivity contribution >= 4 is 18.6 Å². The summed E-state index contributed by atoms with van der Waals surface area (Å²) in [7, 11) is -1.36. The first-order valence-electron chi connectivity index (χ1n) is 9.41. The molecule has 0 heterocycles. The van der Waals surface area contributed by atoms with Gasteiger partial charge in [0, 0.05) is 17.4 Å². The molecule has 30 heavy (non-hydrogen) atoms. The van der Waals surface area contributed by atoms with Gasteiger partial charge in [0.2, 0.25) is 0 Å². The van der Waals surface area contributed by atoms with E-state index in [2.05, 4.69) is 4.52 Å². The molecule has 0 aliphatic rings. The van der Waals surface area contributed by atoms with E-state index < -0.39 is 7.82 Å². The smallest absolute Gasteiger partial charge is 0.790 e. The van der Waals surface area contributed by atoms with Crippen LogP contribution in [0.15, 0.2) is 72.8 Å². The molecule has 0 aromatic heterocycles. The average Bonchev–Trinajstić information content (AvgIpc) is 2.70. The molecule has 0 radical (unpaired) electrons. The first kappa shape index (κ1) is 25.1. The first-order valence-corrected chi connectivity index (χ1v) is 10.9. The molecule has 0 unspecified atom stereocenters. The molecule has 0 bridgehead atoms. The fourth-order valence-electron chi connectivity index (χ4n) is 3.51. The number of fused-ring (bicyclic) bond motifs is 1. The Labute approximate surface area is 199 Å². The molecule has 154 valence electrons. The summed E-state index contributed by atoms with van der Waals surface area (Å²) < 4.78 is 21.8. The molecular weight excluding hydrogens is 412 g/mol. The van der Waals surface area contributed by atoms with E-state index in [1.807, 2.05) is 86.9 Å². The van der Waals surface area contributed by atoms with E-state index in [1.165, 1.54) is 0 Å². The zero-order valence-electron chi connectivity index (χ0n) is 17.6. The summed E-state index contributed by atoms with van der Waals surface area (Å²) in [6.07, 6.45) is 0.617. The van der Waals surface area contributed by atoms with Crippen LogP contribution in [0.3, 0.4) is 0 Å². The number of benzene rings is 3. The molecule has 0 saturated carbocycles. The molecular formula is C22H25NNaO5P. The van der Waals surface area contributed by atoms with Gasteiger partial charge in [-0.25, -0.2) is 0 Å². The Bertz CT molecular complexity index is 988. The second-order valence-corrected chi connectivity index (χ2v) is 8.68. The third-order valence-electron chi connectivity index (χ3n) is 4.98. The maximum absolute atomic E-state index is 11.0. The third-order valence-corrected chi connectivity index (χ3v) is 5.41. The van der Waals surface area contributed by atoms with Crippen LogP contribution < -0.4 is 44.1 Å². The number of phosphoric ester groups is 1. The Morgan fingerprint density at radius 2 is 1.57 bits per heavy atom. The van der Waals surface area contributed by atoms with Crippen molar-refractivity contribution in [1.82, 2.24) is 0 Å². The number of hydrogen-bond donors (Lipinski definition) is 0. The molecule has 1 atom stereocenters. The summed E-state index contributed by atoms with van der Waals surface area (Å²) >= 11 is 0. The van der Waals surface area contributed by atoms with Crippen molar-refractivity contribution in [3.63, 3.8) is 0 Å². The maximum Gasteiger partial charge on any atom is 1.00 e. The van der Waals surface area contributed by atoms with Crippen LogP contribution in [-0.4, -0.2) is 31.9 Å². The van der Waals surface area contributed by atoms with Gasteiger partial charge in [-0.15, -0.1) is 0 Å². The number of hydrogen-bond acceptors (Lipinski definition) is 5. The number of ether oxygens (including phenoxy) is 1. The largest absolute Gasteiger partial charge is 1.00 e. The van der Waals surface area contributed by atoms with Gasteiger partial charge in [0.25, 0.3) is 0 Å². The SMILES string of the molecule is C[N+](C)(COP(=O)([O-])[O-])[C@@H](CCOc1cccc2ccccc12)c1ccccc1.[Na+]. The van der Waals surface area contributed by atoms with E-state index in [0.717, 1.165) is 22.1 Å². The van der Waals surface area contributed by atoms with Crippen molar-refractivity contribution in [2.45, 2.75) is 12.5 Å². The van der Waals surface area contributed by atoms with Crippen molar-refractivity contribution in [3.8, 4) is 5.75 Å². The standard InChI is InChI=1S/C22H26NO5P.Na/c1-23(2,17-28-29(24,25)26)21(19-10-4-3-5-11-19)15-16-27-22-14-8-12-18-9-6-7-13-20(18)22;/h3-14,21H,15-17H2,1-2H3,(H-,24,25,26);/q;+1/p-1/t21-;/m0./s1. The minimum atomic E-state index is -5.04. The Hall–Kier alpha value is -1.21. The molecule has 0 spiro atoms. The molecule has 3 aromatic carbocycles. The van der Waals surface area contributed by atoms with E-state index in [4.69, 9.17) is 4.74 Å². The van der Waals surface area contributed by atoms with Crippen molar-refractivity contribution in [2.24, 2.45) is 0 Å². The summed E-state index contributed by atoms with van der Waals surface area (Å²) in [5.74, 6) is 0.806. The van der Waals surface area contributed by atoms with Crippen LogP contribution in [0, 0.1) is 0 Å². The van der Waals surface area contributed by atoms with Gasteiger partial charge in [0.05, 0.1) is 28.5 Å². The third kappa shape index (κ3) is 6.91. The summed E-state index contributed by atoms with van der Waals surface area (Å²) in [5, 5.41) is 2.15. The van der Waals surface area contributed by atoms with Crippen LogP contribution in [0.5, 0.6) is 5.75 Å². The zero-order chi connectivity index (χ0) is 20.9. The Kier molecular flexibility index (Phi) is 9.10. The van der Waals surface area contributed by atoms with E-state index in [1.54, 1.807) is 0 Å². The molecule has 0 fully saturated rings. The minimum Gasteiger partial charge on any atom is -0.790 e. The quantitative estimate of drug-likeness (QED) is 0.207. The molecule has 6 nitrogen and oxygen atoms in total. The van der Waals surface area contributed by atoms with Crippen LogP contribution in [0.4, 0.5) is 0 Å². The molecule has 3 aromatic rings. The molecule has 0 saturated heterocycles. The van der Waals surface area contributed by atoms with Crippen LogP contribution in [0.1, 0.15) is 18.0 Å². The van der Waals surface area contributed by atoms with Crippen LogP contribution in [-0.2, 0) is 9.09 Å². The minimum absolute atomic E-state index is 0. The molecule has 3 rings (SSSR count). The van der Waals surface area contributed by atoms with E-state index in [0.29, 0.717) is 13.0 Å². The number of nitrogens with zero attached hydrogens (tertiary/aromatic N) is 1. The number of rotatable bonds is 9. The van der Waals surface area contributed by atoms with Gasteiger partial charge < -0.3 is 23.6 Å². The van der Waals surface area contributed by atoms with Crippen LogP contribution >= 0.6 is 7.82 Å². The zero-order valence-corrected chi connectivity index (χ0v) is 20.5. The van der Waals surface area contributed by atoms with Crippen molar-refractivity contribution in [1.29, 1.82) is 0 Å². The normalized spacial score (nSPS) is 12.9. The molecule has 0 aliphatic carbocycles. The summed E-state index contributed by atoms with van der Waals surface area (Å²) in [6.45, 7) is 0.194. The first-order chi connectivity index (χ1) is 13.8. The average molecular weight is 437 g/mol. The monoisotopic (exact) mass is 437 g/mol. The Balaban J connectivity index is 0.00000320. The van der Waals surface area contributed by atoms with Crippen molar-refractivity contribution in [3.05, 3.63) is 78.4 Å². The van der Waals surface area contributed by atoms with Gasteiger partial charge in [-0.05, 0) is 11.5 Å². The number of quaternary nitrogens is 1. The maximum atomic E-state index is 11.0. The van der Waals surface area contributed by atoms with Gasteiger partial charge in [0.1, 0.15) is 11.8 Å². The van der Waals surface area contributed by atoms with Gasteiger partial charge >= 0.3 is 29.6 Å². The number of phosphoric acid groups is 1. The van der Waals surface area contributed by atoms with Gasteiger partial charge in [-0.1, -0.05) is 66.7 Å².